The van der Waals surface area contributed by atoms with Gasteiger partial charge in [0.25, 0.3) is 0 Å². The molecule has 2 atom stereocenters. The number of nitrogens with zero attached hydrogens (tertiary/aromatic N) is 2. The fourth-order valence-electron chi connectivity index (χ4n) is 2.44. The zero-order valence-corrected chi connectivity index (χ0v) is 12.1. The predicted octanol–water partition coefficient (Wildman–Crippen LogP) is 4.04. The SMILES string of the molecule is CC1CCCC(c2nsc(NC(C)(C)C)n2)C1. The molecule has 96 valence electrons. The Kier molecular flexibility index (Phi) is 3.71. The van der Waals surface area contributed by atoms with Gasteiger partial charge in [0.05, 0.1) is 0 Å². The molecule has 17 heavy (non-hydrogen) atoms. The van der Waals surface area contributed by atoms with Gasteiger partial charge >= 0.3 is 0 Å². The number of aromatic nitrogens is 2. The van der Waals surface area contributed by atoms with E-state index in [1.165, 1.54) is 37.2 Å². The van der Waals surface area contributed by atoms with E-state index in [1.807, 2.05) is 0 Å². The second-order valence-corrected chi connectivity index (χ2v) is 7.05. The lowest BCUT2D eigenvalue weighted by Gasteiger charge is -2.24. The highest BCUT2D eigenvalue weighted by molar-refractivity contribution is 7.09. The second kappa shape index (κ2) is 4.92. The van der Waals surface area contributed by atoms with E-state index < -0.39 is 0 Å². The van der Waals surface area contributed by atoms with Crippen molar-refractivity contribution in [2.45, 2.75) is 64.8 Å². The van der Waals surface area contributed by atoms with Crippen molar-refractivity contribution >= 4 is 16.7 Å². The summed E-state index contributed by atoms with van der Waals surface area (Å²) in [7, 11) is 0. The molecule has 1 aliphatic rings. The van der Waals surface area contributed by atoms with Crippen molar-refractivity contribution in [3.63, 3.8) is 0 Å². The third kappa shape index (κ3) is 3.66. The molecule has 1 aromatic heterocycles. The Morgan fingerprint density at radius 3 is 2.71 bits per heavy atom. The Bertz CT molecular complexity index is 367. The smallest absolute Gasteiger partial charge is 0.202 e. The zero-order chi connectivity index (χ0) is 12.5. The van der Waals surface area contributed by atoms with Crippen LogP contribution in [0.25, 0.3) is 0 Å². The van der Waals surface area contributed by atoms with Crippen molar-refractivity contribution in [1.82, 2.24) is 9.36 Å². The summed E-state index contributed by atoms with van der Waals surface area (Å²) in [4.78, 5) is 4.65. The first-order chi connectivity index (χ1) is 7.94. The summed E-state index contributed by atoms with van der Waals surface area (Å²) in [6.45, 7) is 8.79. The van der Waals surface area contributed by atoms with Gasteiger partial charge in [-0.15, -0.1) is 0 Å². The lowest BCUT2D eigenvalue weighted by Crippen LogP contribution is -2.26. The van der Waals surface area contributed by atoms with Crippen LogP contribution in [0.4, 0.5) is 5.13 Å². The summed E-state index contributed by atoms with van der Waals surface area (Å²) in [5.41, 5.74) is 0.0661. The molecule has 2 rings (SSSR count). The van der Waals surface area contributed by atoms with E-state index in [1.54, 1.807) is 0 Å². The first kappa shape index (κ1) is 12.8. The second-order valence-electron chi connectivity index (χ2n) is 6.30. The van der Waals surface area contributed by atoms with Gasteiger partial charge in [-0.2, -0.15) is 4.37 Å². The monoisotopic (exact) mass is 253 g/mol. The highest BCUT2D eigenvalue weighted by atomic mass is 32.1. The Hall–Kier alpha value is -0.640. The summed E-state index contributed by atoms with van der Waals surface area (Å²) in [6.07, 6.45) is 5.21. The van der Waals surface area contributed by atoms with Crippen LogP contribution in [0.15, 0.2) is 0 Å². The number of nitrogens with one attached hydrogen (secondary N) is 1. The molecule has 0 aliphatic heterocycles. The summed E-state index contributed by atoms with van der Waals surface area (Å²) < 4.78 is 4.53. The standard InChI is InChI=1S/C13H23N3S/c1-9-6-5-7-10(8-9)11-14-12(17-16-11)15-13(2,3)4/h9-10H,5-8H2,1-4H3,(H,14,15,16). The van der Waals surface area contributed by atoms with E-state index in [0.717, 1.165) is 16.9 Å². The average Bonchev–Trinajstić information content (AvgIpc) is 2.63. The van der Waals surface area contributed by atoms with E-state index >= 15 is 0 Å². The van der Waals surface area contributed by atoms with Crippen LogP contribution < -0.4 is 5.32 Å². The number of rotatable bonds is 2. The molecule has 1 N–H and O–H groups in total. The summed E-state index contributed by atoms with van der Waals surface area (Å²) in [6, 6.07) is 0. The number of anilines is 1. The summed E-state index contributed by atoms with van der Waals surface area (Å²) in [5, 5.41) is 4.36. The van der Waals surface area contributed by atoms with Gasteiger partial charge in [0.15, 0.2) is 0 Å². The fraction of sp³-hybridized carbons (Fsp3) is 0.846. The summed E-state index contributed by atoms with van der Waals surface area (Å²) in [5.74, 6) is 2.48. The molecule has 0 bridgehead atoms. The molecule has 2 unspecified atom stereocenters. The molecule has 4 heteroatoms. The van der Waals surface area contributed by atoms with E-state index in [2.05, 4.69) is 42.4 Å². The van der Waals surface area contributed by atoms with Gasteiger partial charge in [0.2, 0.25) is 5.13 Å². The molecule has 0 spiro atoms. The van der Waals surface area contributed by atoms with Gasteiger partial charge in [-0.25, -0.2) is 4.98 Å². The van der Waals surface area contributed by atoms with Gasteiger partial charge in [-0.3, -0.25) is 0 Å². The zero-order valence-electron chi connectivity index (χ0n) is 11.3. The number of hydrogen-bond acceptors (Lipinski definition) is 4. The van der Waals surface area contributed by atoms with Gasteiger partial charge in [0, 0.05) is 23.0 Å². The van der Waals surface area contributed by atoms with Gasteiger partial charge < -0.3 is 5.32 Å². The molecule has 1 heterocycles. The quantitative estimate of drug-likeness (QED) is 0.864. The van der Waals surface area contributed by atoms with Crippen molar-refractivity contribution in [3.05, 3.63) is 5.82 Å². The van der Waals surface area contributed by atoms with Crippen molar-refractivity contribution < 1.29 is 0 Å². The van der Waals surface area contributed by atoms with Crippen molar-refractivity contribution in [3.8, 4) is 0 Å². The van der Waals surface area contributed by atoms with Crippen LogP contribution in [0, 0.1) is 5.92 Å². The topological polar surface area (TPSA) is 37.8 Å². The van der Waals surface area contributed by atoms with Crippen molar-refractivity contribution in [1.29, 1.82) is 0 Å². The molecule has 1 fully saturated rings. The van der Waals surface area contributed by atoms with E-state index in [9.17, 15) is 0 Å². The Labute approximate surface area is 108 Å². The maximum Gasteiger partial charge on any atom is 0.202 e. The lowest BCUT2D eigenvalue weighted by molar-refractivity contribution is 0.337. The lowest BCUT2D eigenvalue weighted by atomic mass is 9.82. The summed E-state index contributed by atoms with van der Waals surface area (Å²) >= 11 is 1.50. The van der Waals surface area contributed by atoms with Crippen molar-refractivity contribution in [2.24, 2.45) is 5.92 Å². The molecule has 0 saturated heterocycles. The first-order valence-corrected chi connectivity index (χ1v) is 7.33. The van der Waals surface area contributed by atoms with Crippen LogP contribution >= 0.6 is 11.5 Å². The number of hydrogen-bond donors (Lipinski definition) is 1. The van der Waals surface area contributed by atoms with Crippen LogP contribution in [-0.2, 0) is 0 Å². The molecule has 0 aromatic carbocycles. The molecular formula is C13H23N3S. The molecule has 1 aliphatic carbocycles. The van der Waals surface area contributed by atoms with E-state index in [0.29, 0.717) is 5.92 Å². The highest BCUT2D eigenvalue weighted by Gasteiger charge is 2.24. The van der Waals surface area contributed by atoms with Gasteiger partial charge in [0.1, 0.15) is 5.82 Å². The largest absolute Gasteiger partial charge is 0.356 e. The van der Waals surface area contributed by atoms with Crippen LogP contribution in [0.1, 0.15) is 65.1 Å². The van der Waals surface area contributed by atoms with Crippen LogP contribution in [0.2, 0.25) is 0 Å². The Morgan fingerprint density at radius 2 is 2.06 bits per heavy atom. The maximum absolute atomic E-state index is 4.65. The first-order valence-electron chi connectivity index (χ1n) is 6.56. The maximum atomic E-state index is 4.65. The van der Waals surface area contributed by atoms with Crippen LogP contribution in [-0.4, -0.2) is 14.9 Å². The average molecular weight is 253 g/mol. The normalized spacial score (nSPS) is 25.9. The third-order valence-electron chi connectivity index (χ3n) is 3.23. The minimum absolute atomic E-state index is 0.0661. The van der Waals surface area contributed by atoms with E-state index in [4.69, 9.17) is 0 Å². The minimum Gasteiger partial charge on any atom is -0.356 e. The predicted molar refractivity (Wildman–Crippen MR) is 73.7 cm³/mol. The highest BCUT2D eigenvalue weighted by Crippen LogP contribution is 2.35. The van der Waals surface area contributed by atoms with Crippen molar-refractivity contribution in [2.75, 3.05) is 5.32 Å². The molecule has 0 amide bonds. The molecule has 3 nitrogen and oxygen atoms in total. The Balaban J connectivity index is 2.02. The van der Waals surface area contributed by atoms with Crippen LogP contribution in [0.5, 0.6) is 0 Å². The minimum atomic E-state index is 0.0661. The van der Waals surface area contributed by atoms with Crippen LogP contribution in [0.3, 0.4) is 0 Å². The van der Waals surface area contributed by atoms with Gasteiger partial charge in [-0.1, -0.05) is 19.8 Å². The fourth-order valence-corrected chi connectivity index (χ4v) is 3.30. The van der Waals surface area contributed by atoms with Gasteiger partial charge in [-0.05, 0) is 39.5 Å². The molecule has 1 aromatic rings. The molecule has 0 radical (unpaired) electrons. The molecule has 1 saturated carbocycles. The molecular weight excluding hydrogens is 230 g/mol. The van der Waals surface area contributed by atoms with E-state index in [-0.39, 0.29) is 5.54 Å². The third-order valence-corrected chi connectivity index (χ3v) is 3.87. The Morgan fingerprint density at radius 1 is 1.29 bits per heavy atom.